The molecule has 0 unspecified atom stereocenters. The SMILES string of the molecule is CC(C)(C)COc1cc(C(=O)OC(C)(C)C)cc(C(=O)OC(C)(C)C)c1. The minimum absolute atomic E-state index is 0.0615. The second kappa shape index (κ2) is 7.68. The third-order valence-corrected chi connectivity index (χ3v) is 2.85. The molecular formula is C21H32O5. The number of hydrogen-bond donors (Lipinski definition) is 0. The van der Waals surface area contributed by atoms with Gasteiger partial charge in [0, 0.05) is 0 Å². The number of rotatable bonds is 4. The van der Waals surface area contributed by atoms with Crippen molar-refractivity contribution in [2.75, 3.05) is 6.61 Å². The van der Waals surface area contributed by atoms with Crippen molar-refractivity contribution in [2.45, 2.75) is 73.5 Å². The van der Waals surface area contributed by atoms with Gasteiger partial charge in [0.15, 0.2) is 0 Å². The molecule has 0 heterocycles. The summed E-state index contributed by atoms with van der Waals surface area (Å²) < 4.78 is 16.6. The van der Waals surface area contributed by atoms with E-state index in [0.717, 1.165) is 0 Å². The summed E-state index contributed by atoms with van der Waals surface area (Å²) in [6.07, 6.45) is 0. The highest BCUT2D eigenvalue weighted by atomic mass is 16.6. The van der Waals surface area contributed by atoms with Crippen LogP contribution in [0.2, 0.25) is 0 Å². The van der Waals surface area contributed by atoms with Gasteiger partial charge in [0.05, 0.1) is 17.7 Å². The summed E-state index contributed by atoms with van der Waals surface area (Å²) in [5.41, 5.74) is -0.815. The van der Waals surface area contributed by atoms with Crippen LogP contribution in [0.4, 0.5) is 0 Å². The van der Waals surface area contributed by atoms with E-state index >= 15 is 0 Å². The van der Waals surface area contributed by atoms with Gasteiger partial charge in [-0.15, -0.1) is 0 Å². The number of ether oxygens (including phenoxy) is 3. The second-order valence-electron chi connectivity index (χ2n) is 9.60. The summed E-state index contributed by atoms with van der Waals surface area (Å²) in [5.74, 6) is -0.587. The zero-order valence-electron chi connectivity index (χ0n) is 17.5. The van der Waals surface area contributed by atoms with Gasteiger partial charge in [0.2, 0.25) is 0 Å². The van der Waals surface area contributed by atoms with Crippen LogP contribution in [0, 0.1) is 5.41 Å². The molecule has 1 aromatic carbocycles. The van der Waals surface area contributed by atoms with Crippen LogP contribution in [-0.2, 0) is 9.47 Å². The number of esters is 2. The van der Waals surface area contributed by atoms with E-state index in [4.69, 9.17) is 14.2 Å². The van der Waals surface area contributed by atoms with Crippen LogP contribution < -0.4 is 4.74 Å². The molecule has 0 atom stereocenters. The summed E-state index contributed by atoms with van der Waals surface area (Å²) in [6.45, 7) is 17.3. The lowest BCUT2D eigenvalue weighted by Crippen LogP contribution is -2.25. The Hall–Kier alpha value is -2.04. The molecule has 1 aromatic rings. The molecule has 1 rings (SSSR count). The Morgan fingerprint density at radius 2 is 1.12 bits per heavy atom. The Morgan fingerprint density at radius 1 is 0.731 bits per heavy atom. The summed E-state index contributed by atoms with van der Waals surface area (Å²) in [4.78, 5) is 24.9. The average Bonchev–Trinajstić information content (AvgIpc) is 2.40. The lowest BCUT2D eigenvalue weighted by Gasteiger charge is -2.22. The third kappa shape index (κ3) is 8.37. The molecule has 0 aliphatic heterocycles. The highest BCUT2D eigenvalue weighted by Gasteiger charge is 2.23. The average molecular weight is 364 g/mol. The van der Waals surface area contributed by atoms with Gasteiger partial charge in [0.25, 0.3) is 0 Å². The van der Waals surface area contributed by atoms with E-state index in [1.807, 2.05) is 20.8 Å². The number of carbonyl (C=O) groups excluding carboxylic acids is 2. The van der Waals surface area contributed by atoms with E-state index in [9.17, 15) is 9.59 Å². The fourth-order valence-corrected chi connectivity index (χ4v) is 1.89. The lowest BCUT2D eigenvalue weighted by atomic mass is 9.98. The van der Waals surface area contributed by atoms with Crippen molar-refractivity contribution in [3.8, 4) is 5.75 Å². The molecule has 0 N–H and O–H groups in total. The van der Waals surface area contributed by atoms with Crippen molar-refractivity contribution in [1.82, 2.24) is 0 Å². The quantitative estimate of drug-likeness (QED) is 0.702. The standard InChI is InChI=1S/C21H32O5/c1-19(2,3)13-24-16-11-14(17(22)25-20(4,5)6)10-15(12-16)18(23)26-21(7,8)9/h10-12H,13H2,1-9H3. The maximum atomic E-state index is 12.4. The molecule has 0 aromatic heterocycles. The summed E-state index contributed by atoms with van der Waals surface area (Å²) in [5, 5.41) is 0. The Morgan fingerprint density at radius 3 is 1.42 bits per heavy atom. The van der Waals surface area contributed by atoms with Crippen molar-refractivity contribution >= 4 is 11.9 Å². The van der Waals surface area contributed by atoms with Gasteiger partial charge >= 0.3 is 11.9 Å². The van der Waals surface area contributed by atoms with E-state index in [1.54, 1.807) is 53.7 Å². The van der Waals surface area contributed by atoms with Crippen LogP contribution in [-0.4, -0.2) is 29.7 Å². The van der Waals surface area contributed by atoms with Crippen molar-refractivity contribution in [3.05, 3.63) is 29.3 Å². The maximum Gasteiger partial charge on any atom is 0.338 e. The predicted molar refractivity (Wildman–Crippen MR) is 102 cm³/mol. The number of carbonyl (C=O) groups is 2. The van der Waals surface area contributed by atoms with Gasteiger partial charge < -0.3 is 14.2 Å². The highest BCUT2D eigenvalue weighted by Crippen LogP contribution is 2.24. The molecule has 0 bridgehead atoms. The maximum absolute atomic E-state index is 12.4. The largest absolute Gasteiger partial charge is 0.493 e. The number of benzene rings is 1. The van der Waals surface area contributed by atoms with Crippen LogP contribution in [0.25, 0.3) is 0 Å². The monoisotopic (exact) mass is 364 g/mol. The van der Waals surface area contributed by atoms with Crippen LogP contribution in [0.5, 0.6) is 5.75 Å². The van der Waals surface area contributed by atoms with Gasteiger partial charge in [-0.3, -0.25) is 0 Å². The molecule has 0 fully saturated rings. The predicted octanol–water partition coefficient (Wildman–Crippen LogP) is 5.02. The van der Waals surface area contributed by atoms with E-state index in [2.05, 4.69) is 0 Å². The van der Waals surface area contributed by atoms with Crippen molar-refractivity contribution in [3.63, 3.8) is 0 Å². The topological polar surface area (TPSA) is 61.8 Å². The first kappa shape index (κ1) is 22.0. The van der Waals surface area contributed by atoms with Gasteiger partial charge in [-0.05, 0) is 65.2 Å². The molecule has 26 heavy (non-hydrogen) atoms. The lowest BCUT2D eigenvalue weighted by molar-refractivity contribution is 0.00676. The highest BCUT2D eigenvalue weighted by molar-refractivity contribution is 5.96. The molecule has 0 radical (unpaired) electrons. The van der Waals surface area contributed by atoms with Crippen LogP contribution in [0.1, 0.15) is 83.0 Å². The van der Waals surface area contributed by atoms with Gasteiger partial charge in [-0.1, -0.05) is 20.8 Å². The fraction of sp³-hybridized carbons (Fsp3) is 0.619. The molecule has 0 saturated carbocycles. The molecule has 0 amide bonds. The first-order valence-corrected chi connectivity index (χ1v) is 8.80. The summed E-state index contributed by atoms with van der Waals surface area (Å²) in [6, 6.07) is 4.66. The third-order valence-electron chi connectivity index (χ3n) is 2.85. The zero-order chi connectivity index (χ0) is 20.3. The van der Waals surface area contributed by atoms with Gasteiger partial charge in [-0.2, -0.15) is 0 Å². The Balaban J connectivity index is 3.21. The molecule has 0 aliphatic carbocycles. The van der Waals surface area contributed by atoms with Crippen molar-refractivity contribution in [2.24, 2.45) is 5.41 Å². The molecule has 0 spiro atoms. The van der Waals surface area contributed by atoms with Crippen molar-refractivity contribution in [1.29, 1.82) is 0 Å². The smallest absolute Gasteiger partial charge is 0.338 e. The first-order chi connectivity index (χ1) is 11.6. The summed E-state index contributed by atoms with van der Waals surface area (Å²) in [7, 11) is 0. The van der Waals surface area contributed by atoms with E-state index in [0.29, 0.717) is 12.4 Å². The van der Waals surface area contributed by atoms with E-state index in [-0.39, 0.29) is 16.5 Å². The normalized spacial score (nSPS) is 12.5. The molecule has 0 saturated heterocycles. The molecular weight excluding hydrogens is 332 g/mol. The summed E-state index contributed by atoms with van der Waals surface area (Å²) >= 11 is 0. The van der Waals surface area contributed by atoms with Crippen molar-refractivity contribution < 1.29 is 23.8 Å². The van der Waals surface area contributed by atoms with Gasteiger partial charge in [0.1, 0.15) is 17.0 Å². The van der Waals surface area contributed by atoms with Crippen LogP contribution in [0.15, 0.2) is 18.2 Å². The van der Waals surface area contributed by atoms with Gasteiger partial charge in [-0.25, -0.2) is 9.59 Å². The minimum atomic E-state index is -0.633. The molecule has 5 heteroatoms. The molecule has 0 aliphatic rings. The van der Waals surface area contributed by atoms with Crippen LogP contribution >= 0.6 is 0 Å². The van der Waals surface area contributed by atoms with E-state index < -0.39 is 23.1 Å². The minimum Gasteiger partial charge on any atom is -0.493 e. The number of hydrogen-bond acceptors (Lipinski definition) is 5. The fourth-order valence-electron chi connectivity index (χ4n) is 1.89. The molecule has 5 nitrogen and oxygen atoms in total. The Kier molecular flexibility index (Phi) is 6.50. The molecule has 146 valence electrons. The Bertz CT molecular complexity index is 608. The second-order valence-corrected chi connectivity index (χ2v) is 9.60. The van der Waals surface area contributed by atoms with Crippen LogP contribution in [0.3, 0.4) is 0 Å². The van der Waals surface area contributed by atoms with E-state index in [1.165, 1.54) is 6.07 Å². The Labute approximate surface area is 157 Å². The first-order valence-electron chi connectivity index (χ1n) is 8.80. The zero-order valence-corrected chi connectivity index (χ0v) is 17.5.